The van der Waals surface area contributed by atoms with E-state index < -0.39 is 0 Å². The molecule has 10 nitrogen and oxygen atoms in total. The molecular formula is C18H24N8O2. The van der Waals surface area contributed by atoms with Crippen molar-refractivity contribution in [3.8, 4) is 0 Å². The molecule has 0 spiro atoms. The zero-order valence-electron chi connectivity index (χ0n) is 15.6. The predicted molar refractivity (Wildman–Crippen MR) is 105 cm³/mol. The van der Waals surface area contributed by atoms with Gasteiger partial charge in [-0.15, -0.1) is 0 Å². The lowest BCUT2D eigenvalue weighted by Crippen LogP contribution is -2.45. The Morgan fingerprint density at radius 2 is 1.57 bits per heavy atom. The third-order valence-electron chi connectivity index (χ3n) is 4.63. The molecule has 2 fully saturated rings. The van der Waals surface area contributed by atoms with Crippen molar-refractivity contribution in [1.29, 1.82) is 0 Å². The fourth-order valence-corrected chi connectivity index (χ4v) is 3.10. The number of nitrogens with one attached hydrogen (secondary N) is 3. The van der Waals surface area contributed by atoms with Gasteiger partial charge >= 0.3 is 0 Å². The van der Waals surface area contributed by atoms with E-state index in [4.69, 9.17) is 4.74 Å². The number of piperazine rings is 1. The van der Waals surface area contributed by atoms with Gasteiger partial charge in [-0.3, -0.25) is 15.6 Å². The molecule has 2 aliphatic rings. The van der Waals surface area contributed by atoms with Crippen LogP contribution in [0, 0.1) is 0 Å². The molecule has 1 aromatic carbocycles. The highest BCUT2D eigenvalue weighted by Gasteiger charge is 2.20. The Labute approximate surface area is 163 Å². The standard InChI is InChI=1S/C18H24N8O2/c27-15(14-4-2-1-3-5-14)23-24-16-20-17(25-8-6-19-7-9-25)22-18(21-16)26-10-12-28-13-11-26/h1-5,19H,6-13H2,(H,23,27)(H,20,21,22,24). The first-order valence-corrected chi connectivity index (χ1v) is 9.45. The monoisotopic (exact) mass is 384 g/mol. The van der Waals surface area contributed by atoms with Gasteiger partial charge in [0.2, 0.25) is 17.8 Å². The van der Waals surface area contributed by atoms with Gasteiger partial charge in [0.05, 0.1) is 13.2 Å². The van der Waals surface area contributed by atoms with E-state index in [1.807, 2.05) is 18.2 Å². The van der Waals surface area contributed by atoms with E-state index >= 15 is 0 Å². The number of aromatic nitrogens is 3. The van der Waals surface area contributed by atoms with Crippen molar-refractivity contribution < 1.29 is 9.53 Å². The maximum absolute atomic E-state index is 12.3. The summed E-state index contributed by atoms with van der Waals surface area (Å²) in [6, 6.07) is 8.99. The van der Waals surface area contributed by atoms with E-state index in [1.165, 1.54) is 0 Å². The molecule has 0 bridgehead atoms. The number of nitrogens with zero attached hydrogens (tertiary/aromatic N) is 5. The van der Waals surface area contributed by atoms with Crippen LogP contribution in [0.5, 0.6) is 0 Å². The zero-order valence-corrected chi connectivity index (χ0v) is 15.6. The van der Waals surface area contributed by atoms with Crippen molar-refractivity contribution in [3.05, 3.63) is 35.9 Å². The second-order valence-corrected chi connectivity index (χ2v) is 6.54. The minimum atomic E-state index is -0.252. The molecule has 2 aromatic rings. The van der Waals surface area contributed by atoms with E-state index in [0.717, 1.165) is 39.3 Å². The average Bonchev–Trinajstić information content (AvgIpc) is 2.79. The number of hydrogen-bond donors (Lipinski definition) is 3. The topological polar surface area (TPSA) is 108 Å². The molecule has 0 unspecified atom stereocenters. The van der Waals surface area contributed by atoms with Gasteiger partial charge in [-0.05, 0) is 12.1 Å². The zero-order chi connectivity index (χ0) is 19.2. The molecule has 1 aromatic heterocycles. The second kappa shape index (κ2) is 8.81. The number of anilines is 3. The van der Waals surface area contributed by atoms with E-state index in [2.05, 4.69) is 40.9 Å². The molecule has 2 aliphatic heterocycles. The van der Waals surface area contributed by atoms with Crippen LogP contribution in [0.25, 0.3) is 0 Å². The molecule has 3 heterocycles. The number of hydrazine groups is 1. The van der Waals surface area contributed by atoms with Crippen LogP contribution in [0.15, 0.2) is 30.3 Å². The summed E-state index contributed by atoms with van der Waals surface area (Å²) < 4.78 is 5.42. The summed E-state index contributed by atoms with van der Waals surface area (Å²) in [7, 11) is 0. The molecule has 0 atom stereocenters. The molecular weight excluding hydrogens is 360 g/mol. The van der Waals surface area contributed by atoms with Gasteiger partial charge in [0, 0.05) is 44.8 Å². The molecule has 10 heteroatoms. The van der Waals surface area contributed by atoms with Crippen molar-refractivity contribution in [2.75, 3.05) is 67.7 Å². The molecule has 2 saturated heterocycles. The van der Waals surface area contributed by atoms with Gasteiger partial charge in [-0.2, -0.15) is 15.0 Å². The largest absolute Gasteiger partial charge is 0.378 e. The molecule has 28 heavy (non-hydrogen) atoms. The van der Waals surface area contributed by atoms with Crippen molar-refractivity contribution in [3.63, 3.8) is 0 Å². The normalized spacial score (nSPS) is 17.3. The van der Waals surface area contributed by atoms with Crippen molar-refractivity contribution in [2.45, 2.75) is 0 Å². The Kier molecular flexibility index (Phi) is 5.78. The van der Waals surface area contributed by atoms with E-state index in [1.54, 1.807) is 12.1 Å². The Hall–Kier alpha value is -2.98. The number of carbonyl (C=O) groups is 1. The molecule has 3 N–H and O–H groups in total. The third-order valence-corrected chi connectivity index (χ3v) is 4.63. The fraction of sp³-hybridized carbons (Fsp3) is 0.444. The highest BCUT2D eigenvalue weighted by atomic mass is 16.5. The number of amides is 1. The van der Waals surface area contributed by atoms with Crippen LogP contribution < -0.4 is 26.0 Å². The van der Waals surface area contributed by atoms with Crippen LogP contribution in [-0.2, 0) is 4.74 Å². The first-order valence-electron chi connectivity index (χ1n) is 9.45. The number of morpholine rings is 1. The third kappa shape index (κ3) is 4.46. The van der Waals surface area contributed by atoms with Crippen LogP contribution in [0.3, 0.4) is 0 Å². The number of benzene rings is 1. The number of hydrogen-bond acceptors (Lipinski definition) is 9. The van der Waals surface area contributed by atoms with Gasteiger partial charge < -0.3 is 19.9 Å². The van der Waals surface area contributed by atoms with Gasteiger partial charge in [0.1, 0.15) is 0 Å². The molecule has 0 radical (unpaired) electrons. The first-order chi connectivity index (χ1) is 13.8. The van der Waals surface area contributed by atoms with E-state index in [-0.39, 0.29) is 5.91 Å². The second-order valence-electron chi connectivity index (χ2n) is 6.54. The Bertz CT molecular complexity index is 755. The van der Waals surface area contributed by atoms with E-state index in [9.17, 15) is 4.79 Å². The van der Waals surface area contributed by atoms with Crippen LogP contribution in [0.2, 0.25) is 0 Å². The van der Waals surface area contributed by atoms with Crippen LogP contribution in [0.1, 0.15) is 10.4 Å². The average molecular weight is 384 g/mol. The fourth-order valence-electron chi connectivity index (χ4n) is 3.10. The van der Waals surface area contributed by atoms with Gasteiger partial charge in [0.15, 0.2) is 0 Å². The summed E-state index contributed by atoms with van der Waals surface area (Å²) in [6.07, 6.45) is 0. The minimum Gasteiger partial charge on any atom is -0.378 e. The smallest absolute Gasteiger partial charge is 0.269 e. The van der Waals surface area contributed by atoms with Crippen LogP contribution >= 0.6 is 0 Å². The molecule has 0 aliphatic carbocycles. The maximum Gasteiger partial charge on any atom is 0.269 e. The quantitative estimate of drug-likeness (QED) is 0.608. The number of carbonyl (C=O) groups excluding carboxylic acids is 1. The molecule has 1 amide bonds. The molecule has 0 saturated carbocycles. The summed E-state index contributed by atoms with van der Waals surface area (Å²) in [5, 5.41) is 3.32. The lowest BCUT2D eigenvalue weighted by atomic mass is 10.2. The highest BCUT2D eigenvalue weighted by molar-refractivity contribution is 5.94. The SMILES string of the molecule is O=C(NNc1nc(N2CCNCC2)nc(N2CCOCC2)n1)c1ccccc1. The number of rotatable bonds is 5. The Morgan fingerprint density at radius 3 is 2.25 bits per heavy atom. The summed E-state index contributed by atoms with van der Waals surface area (Å²) in [6.45, 7) is 6.13. The van der Waals surface area contributed by atoms with Crippen molar-refractivity contribution in [2.24, 2.45) is 0 Å². The predicted octanol–water partition coefficient (Wildman–Crippen LogP) is -0.125. The highest BCUT2D eigenvalue weighted by Crippen LogP contribution is 2.18. The van der Waals surface area contributed by atoms with Crippen LogP contribution in [-0.4, -0.2) is 73.3 Å². The van der Waals surface area contributed by atoms with Crippen molar-refractivity contribution >= 4 is 23.8 Å². The summed E-state index contributed by atoms with van der Waals surface area (Å²) in [4.78, 5) is 30.2. The Morgan fingerprint density at radius 1 is 0.929 bits per heavy atom. The summed E-state index contributed by atoms with van der Waals surface area (Å²) in [5.74, 6) is 1.25. The maximum atomic E-state index is 12.3. The van der Waals surface area contributed by atoms with Gasteiger partial charge in [0.25, 0.3) is 5.91 Å². The minimum absolute atomic E-state index is 0.252. The van der Waals surface area contributed by atoms with Gasteiger partial charge in [-0.25, -0.2) is 0 Å². The summed E-state index contributed by atoms with van der Waals surface area (Å²) in [5.41, 5.74) is 6.06. The van der Waals surface area contributed by atoms with Crippen molar-refractivity contribution in [1.82, 2.24) is 25.7 Å². The molecule has 4 rings (SSSR count). The first kappa shape index (κ1) is 18.4. The summed E-state index contributed by atoms with van der Waals surface area (Å²) >= 11 is 0. The Balaban J connectivity index is 1.53. The lowest BCUT2D eigenvalue weighted by Gasteiger charge is -2.30. The number of ether oxygens (including phenoxy) is 1. The molecule has 148 valence electrons. The lowest BCUT2D eigenvalue weighted by molar-refractivity contribution is 0.0962. The van der Waals surface area contributed by atoms with Gasteiger partial charge in [-0.1, -0.05) is 18.2 Å². The van der Waals surface area contributed by atoms with E-state index in [0.29, 0.717) is 36.6 Å². The van der Waals surface area contributed by atoms with Crippen LogP contribution in [0.4, 0.5) is 17.8 Å².